The molecule has 0 heterocycles. The van der Waals surface area contributed by atoms with Crippen LogP contribution in [0.2, 0.25) is 0 Å². The minimum atomic E-state index is -0.0910. The summed E-state index contributed by atoms with van der Waals surface area (Å²) in [4.78, 5) is 11.4. The van der Waals surface area contributed by atoms with Gasteiger partial charge in [-0.2, -0.15) is 0 Å². The fraction of sp³-hybridized carbons (Fsp3) is 0.222. The van der Waals surface area contributed by atoms with Crippen LogP contribution >= 0.6 is 28.3 Å². The van der Waals surface area contributed by atoms with Crippen LogP contribution in [0.3, 0.4) is 0 Å². The molecular formula is C9H12BrClN2O. The van der Waals surface area contributed by atoms with Gasteiger partial charge in [-0.1, -0.05) is 22.0 Å². The molecule has 0 bridgehead atoms. The first kappa shape index (κ1) is 13.4. The zero-order valence-electron chi connectivity index (χ0n) is 7.50. The van der Waals surface area contributed by atoms with E-state index >= 15 is 0 Å². The molecule has 0 radical (unpaired) electrons. The van der Waals surface area contributed by atoms with Gasteiger partial charge in [0.25, 0.3) is 5.91 Å². The molecule has 0 saturated heterocycles. The molecule has 1 amide bonds. The molecule has 3 nitrogen and oxygen atoms in total. The van der Waals surface area contributed by atoms with E-state index in [0.29, 0.717) is 18.7 Å². The second-order valence-electron chi connectivity index (χ2n) is 2.55. The molecule has 1 aromatic rings. The highest BCUT2D eigenvalue weighted by Gasteiger charge is 2.03. The molecule has 78 valence electrons. The van der Waals surface area contributed by atoms with Crippen LogP contribution in [0, 0.1) is 0 Å². The zero-order valence-corrected chi connectivity index (χ0v) is 9.90. The number of hydrogen-bond donors (Lipinski definition) is 2. The van der Waals surface area contributed by atoms with Gasteiger partial charge in [0.1, 0.15) is 0 Å². The van der Waals surface area contributed by atoms with Crippen LogP contribution in [0.15, 0.2) is 28.7 Å². The van der Waals surface area contributed by atoms with Crippen molar-refractivity contribution in [2.24, 2.45) is 5.73 Å². The Balaban J connectivity index is 0.00000169. The van der Waals surface area contributed by atoms with Gasteiger partial charge in [0, 0.05) is 23.1 Å². The topological polar surface area (TPSA) is 55.1 Å². The molecule has 0 fully saturated rings. The molecule has 0 aliphatic heterocycles. The van der Waals surface area contributed by atoms with Crippen LogP contribution in [0.4, 0.5) is 0 Å². The molecule has 0 atom stereocenters. The van der Waals surface area contributed by atoms with E-state index in [2.05, 4.69) is 21.2 Å². The van der Waals surface area contributed by atoms with Crippen molar-refractivity contribution in [3.05, 3.63) is 34.3 Å². The molecule has 1 aromatic carbocycles. The SMILES string of the molecule is Cl.NCCNC(=O)c1cccc(Br)c1. The van der Waals surface area contributed by atoms with Gasteiger partial charge in [-0.05, 0) is 18.2 Å². The quantitative estimate of drug-likeness (QED) is 0.882. The largest absolute Gasteiger partial charge is 0.351 e. The molecule has 0 spiro atoms. The lowest BCUT2D eigenvalue weighted by Crippen LogP contribution is -2.28. The molecule has 5 heteroatoms. The maximum atomic E-state index is 11.4. The number of nitrogens with one attached hydrogen (secondary N) is 1. The predicted molar refractivity (Wildman–Crippen MR) is 62.8 cm³/mol. The Morgan fingerprint density at radius 3 is 2.79 bits per heavy atom. The fourth-order valence-corrected chi connectivity index (χ4v) is 1.32. The first-order valence-electron chi connectivity index (χ1n) is 3.98. The van der Waals surface area contributed by atoms with Crippen molar-refractivity contribution in [2.45, 2.75) is 0 Å². The van der Waals surface area contributed by atoms with Crippen molar-refractivity contribution < 1.29 is 4.79 Å². The molecule has 14 heavy (non-hydrogen) atoms. The van der Waals surface area contributed by atoms with Crippen molar-refractivity contribution in [3.63, 3.8) is 0 Å². The number of rotatable bonds is 3. The van der Waals surface area contributed by atoms with Crippen LogP contribution in [0.1, 0.15) is 10.4 Å². The molecule has 0 aliphatic rings. The highest BCUT2D eigenvalue weighted by molar-refractivity contribution is 9.10. The summed E-state index contributed by atoms with van der Waals surface area (Å²) in [5, 5.41) is 2.69. The molecule has 1 rings (SSSR count). The molecule has 0 unspecified atom stereocenters. The maximum absolute atomic E-state index is 11.4. The Hall–Kier alpha value is -0.580. The second kappa shape index (κ2) is 6.81. The van der Waals surface area contributed by atoms with Crippen LogP contribution in [-0.2, 0) is 0 Å². The summed E-state index contributed by atoms with van der Waals surface area (Å²) >= 11 is 3.29. The monoisotopic (exact) mass is 278 g/mol. The van der Waals surface area contributed by atoms with Crippen molar-refractivity contribution in [2.75, 3.05) is 13.1 Å². The van der Waals surface area contributed by atoms with Gasteiger partial charge in [0.2, 0.25) is 0 Å². The third kappa shape index (κ3) is 4.09. The molecule has 0 saturated carbocycles. The number of amides is 1. The summed E-state index contributed by atoms with van der Waals surface area (Å²) in [5.41, 5.74) is 5.90. The molecule has 3 N–H and O–H groups in total. The van der Waals surface area contributed by atoms with Crippen LogP contribution in [0.25, 0.3) is 0 Å². The average Bonchev–Trinajstić information content (AvgIpc) is 2.14. The summed E-state index contributed by atoms with van der Waals surface area (Å²) < 4.78 is 0.896. The number of halogens is 2. The Labute approximate surface area is 97.6 Å². The lowest BCUT2D eigenvalue weighted by molar-refractivity contribution is 0.0954. The van der Waals surface area contributed by atoms with E-state index in [1.165, 1.54) is 0 Å². The van der Waals surface area contributed by atoms with Gasteiger partial charge in [0.15, 0.2) is 0 Å². The van der Waals surface area contributed by atoms with Crippen LogP contribution in [0.5, 0.6) is 0 Å². The maximum Gasteiger partial charge on any atom is 0.251 e. The van der Waals surface area contributed by atoms with Crippen molar-refractivity contribution in [3.8, 4) is 0 Å². The summed E-state index contributed by atoms with van der Waals surface area (Å²) in [6, 6.07) is 7.23. The molecule has 0 aromatic heterocycles. The summed E-state index contributed by atoms with van der Waals surface area (Å²) in [6.07, 6.45) is 0. The minimum Gasteiger partial charge on any atom is -0.351 e. The zero-order chi connectivity index (χ0) is 9.68. The number of hydrogen-bond acceptors (Lipinski definition) is 2. The number of nitrogens with two attached hydrogens (primary N) is 1. The standard InChI is InChI=1S/C9H11BrN2O.ClH/c10-8-3-1-2-7(6-8)9(13)12-5-4-11;/h1-3,6H,4-5,11H2,(H,12,13);1H. The predicted octanol–water partition coefficient (Wildman–Crippen LogP) is 1.56. The van der Waals surface area contributed by atoms with E-state index < -0.39 is 0 Å². The summed E-state index contributed by atoms with van der Waals surface area (Å²) in [6.45, 7) is 0.963. The first-order chi connectivity index (χ1) is 6.24. The fourth-order valence-electron chi connectivity index (χ4n) is 0.917. The van der Waals surface area contributed by atoms with Gasteiger partial charge >= 0.3 is 0 Å². The number of carbonyl (C=O) groups excluding carboxylic acids is 1. The Bertz CT molecular complexity index is 307. The van der Waals surface area contributed by atoms with Gasteiger partial charge in [-0.3, -0.25) is 4.79 Å². The number of carbonyl (C=O) groups is 1. The van der Waals surface area contributed by atoms with Gasteiger partial charge in [0.05, 0.1) is 0 Å². The van der Waals surface area contributed by atoms with E-state index in [0.717, 1.165) is 4.47 Å². The lowest BCUT2D eigenvalue weighted by Gasteiger charge is -2.02. The van der Waals surface area contributed by atoms with E-state index in [-0.39, 0.29) is 18.3 Å². The lowest BCUT2D eigenvalue weighted by atomic mass is 10.2. The van der Waals surface area contributed by atoms with Crippen LogP contribution in [-0.4, -0.2) is 19.0 Å². The minimum absolute atomic E-state index is 0. The van der Waals surface area contributed by atoms with E-state index in [1.54, 1.807) is 12.1 Å². The van der Waals surface area contributed by atoms with Gasteiger partial charge in [-0.15, -0.1) is 12.4 Å². The Morgan fingerprint density at radius 1 is 1.50 bits per heavy atom. The van der Waals surface area contributed by atoms with E-state index in [4.69, 9.17) is 5.73 Å². The van der Waals surface area contributed by atoms with E-state index in [1.807, 2.05) is 12.1 Å². The third-order valence-corrected chi connectivity index (χ3v) is 2.01. The highest BCUT2D eigenvalue weighted by Crippen LogP contribution is 2.11. The molecule has 0 aliphatic carbocycles. The van der Waals surface area contributed by atoms with Crippen LogP contribution < -0.4 is 11.1 Å². The second-order valence-corrected chi connectivity index (χ2v) is 3.47. The van der Waals surface area contributed by atoms with Crippen molar-refractivity contribution in [1.82, 2.24) is 5.32 Å². The Kier molecular flexibility index (Phi) is 6.53. The third-order valence-electron chi connectivity index (χ3n) is 1.52. The number of benzene rings is 1. The highest BCUT2D eigenvalue weighted by atomic mass is 79.9. The summed E-state index contributed by atoms with van der Waals surface area (Å²) in [5.74, 6) is -0.0910. The average molecular weight is 280 g/mol. The first-order valence-corrected chi connectivity index (χ1v) is 4.77. The van der Waals surface area contributed by atoms with E-state index in [9.17, 15) is 4.79 Å². The van der Waals surface area contributed by atoms with Gasteiger partial charge < -0.3 is 11.1 Å². The summed E-state index contributed by atoms with van der Waals surface area (Å²) in [7, 11) is 0. The smallest absolute Gasteiger partial charge is 0.251 e. The molecular weight excluding hydrogens is 267 g/mol. The normalized spacial score (nSPS) is 9.00. The van der Waals surface area contributed by atoms with Gasteiger partial charge in [-0.25, -0.2) is 0 Å². The Morgan fingerprint density at radius 2 is 2.21 bits per heavy atom. The van der Waals surface area contributed by atoms with Crippen molar-refractivity contribution >= 4 is 34.2 Å². The van der Waals surface area contributed by atoms with Crippen molar-refractivity contribution in [1.29, 1.82) is 0 Å².